The fourth-order valence-electron chi connectivity index (χ4n) is 4.69. The van der Waals surface area contributed by atoms with Gasteiger partial charge in [-0.1, -0.05) is 71.7 Å². The largest absolute Gasteiger partial charge is 0.350 e. The second kappa shape index (κ2) is 14.5. The van der Waals surface area contributed by atoms with Gasteiger partial charge in [0, 0.05) is 28.5 Å². The minimum Gasteiger partial charge on any atom is -0.350 e. The number of nitrogens with zero attached hydrogens (tertiary/aromatic N) is 2. The molecular formula is C34H34Cl2FN3O4S. The van der Waals surface area contributed by atoms with Gasteiger partial charge in [-0.3, -0.25) is 13.9 Å². The minimum atomic E-state index is -4.31. The maximum absolute atomic E-state index is 14.4. The monoisotopic (exact) mass is 669 g/mol. The van der Waals surface area contributed by atoms with Crippen molar-refractivity contribution in [1.82, 2.24) is 10.2 Å². The van der Waals surface area contributed by atoms with E-state index in [-0.39, 0.29) is 28.6 Å². The van der Waals surface area contributed by atoms with Crippen LogP contribution < -0.4 is 9.62 Å². The van der Waals surface area contributed by atoms with Crippen LogP contribution in [-0.4, -0.2) is 43.3 Å². The number of hydrogen-bond acceptors (Lipinski definition) is 4. The highest BCUT2D eigenvalue weighted by molar-refractivity contribution is 7.92. The molecule has 0 aromatic heterocycles. The maximum Gasteiger partial charge on any atom is 0.264 e. The fourth-order valence-corrected chi connectivity index (χ4v) is 6.40. The molecule has 1 atom stereocenters. The van der Waals surface area contributed by atoms with Crippen LogP contribution in [-0.2, 0) is 32.6 Å². The molecule has 7 nitrogen and oxygen atoms in total. The molecule has 0 heterocycles. The zero-order valence-electron chi connectivity index (χ0n) is 25.1. The first-order chi connectivity index (χ1) is 21.2. The molecule has 4 rings (SSSR count). The van der Waals surface area contributed by atoms with Gasteiger partial charge < -0.3 is 10.2 Å². The van der Waals surface area contributed by atoms with E-state index in [4.69, 9.17) is 23.2 Å². The summed E-state index contributed by atoms with van der Waals surface area (Å²) in [5.74, 6) is -1.53. The highest BCUT2D eigenvalue weighted by Crippen LogP contribution is 2.28. The molecule has 236 valence electrons. The molecule has 2 amide bonds. The van der Waals surface area contributed by atoms with Crippen molar-refractivity contribution in [3.8, 4) is 0 Å². The Morgan fingerprint density at radius 3 is 2.07 bits per heavy atom. The lowest BCUT2D eigenvalue weighted by atomic mass is 10.0. The zero-order valence-corrected chi connectivity index (χ0v) is 27.4. The Labute approximate surface area is 273 Å². The molecular weight excluding hydrogens is 636 g/mol. The lowest BCUT2D eigenvalue weighted by Gasteiger charge is -2.35. The van der Waals surface area contributed by atoms with E-state index in [2.05, 4.69) is 5.32 Å². The van der Waals surface area contributed by atoms with Gasteiger partial charge in [0.15, 0.2) is 0 Å². The summed E-state index contributed by atoms with van der Waals surface area (Å²) in [6.45, 7) is 4.75. The van der Waals surface area contributed by atoms with Crippen LogP contribution in [0.2, 0.25) is 10.0 Å². The summed E-state index contributed by atoms with van der Waals surface area (Å²) in [5.41, 5.74) is 0.887. The number of benzene rings is 4. The summed E-state index contributed by atoms with van der Waals surface area (Å²) in [5, 5.41) is 3.58. The third kappa shape index (κ3) is 9.29. The SMILES string of the molecule is CC(C)(C)NC(=O)C(Cc1ccccc1)N(Cc1ccc(F)cc1)C(=O)CN(c1cccc(Cl)c1)S(=O)(=O)c1ccc(Cl)cc1. The van der Waals surface area contributed by atoms with Crippen molar-refractivity contribution in [1.29, 1.82) is 0 Å². The molecule has 0 saturated carbocycles. The van der Waals surface area contributed by atoms with Crippen LogP contribution in [0.4, 0.5) is 10.1 Å². The van der Waals surface area contributed by atoms with Crippen molar-refractivity contribution in [2.75, 3.05) is 10.8 Å². The summed E-state index contributed by atoms with van der Waals surface area (Å²) in [7, 11) is -4.31. The smallest absolute Gasteiger partial charge is 0.264 e. The van der Waals surface area contributed by atoms with Crippen molar-refractivity contribution < 1.29 is 22.4 Å². The van der Waals surface area contributed by atoms with Gasteiger partial charge in [0.05, 0.1) is 10.6 Å². The molecule has 0 fully saturated rings. The minimum absolute atomic E-state index is 0.0848. The van der Waals surface area contributed by atoms with Gasteiger partial charge in [-0.15, -0.1) is 0 Å². The molecule has 0 aliphatic carbocycles. The Morgan fingerprint density at radius 2 is 1.47 bits per heavy atom. The summed E-state index contributed by atoms with van der Waals surface area (Å²) >= 11 is 12.3. The molecule has 4 aromatic rings. The van der Waals surface area contributed by atoms with E-state index in [9.17, 15) is 22.4 Å². The average molecular weight is 671 g/mol. The molecule has 11 heteroatoms. The van der Waals surface area contributed by atoms with Crippen molar-refractivity contribution in [3.63, 3.8) is 0 Å². The van der Waals surface area contributed by atoms with Crippen LogP contribution in [0, 0.1) is 5.82 Å². The standard InChI is InChI=1S/C34H34Cl2FN3O4S/c1-34(2,3)38-33(42)31(20-24-8-5-4-6-9-24)39(22-25-12-16-28(37)17-13-25)32(41)23-40(29-11-7-10-27(36)21-29)45(43,44)30-18-14-26(35)15-19-30/h4-19,21,31H,20,22-23H2,1-3H3,(H,38,42). The third-order valence-electron chi connectivity index (χ3n) is 6.81. The molecule has 0 bridgehead atoms. The lowest BCUT2D eigenvalue weighted by Crippen LogP contribution is -2.56. The molecule has 1 unspecified atom stereocenters. The van der Waals surface area contributed by atoms with Crippen LogP contribution in [0.3, 0.4) is 0 Å². The third-order valence-corrected chi connectivity index (χ3v) is 9.09. The summed E-state index contributed by atoms with van der Waals surface area (Å²) < 4.78 is 42.9. The number of hydrogen-bond donors (Lipinski definition) is 1. The number of sulfonamides is 1. The first kappa shape index (κ1) is 34.0. The van der Waals surface area contributed by atoms with E-state index in [1.165, 1.54) is 65.6 Å². The van der Waals surface area contributed by atoms with E-state index in [1.807, 2.05) is 51.1 Å². The second-order valence-corrected chi connectivity index (χ2v) is 14.3. The Morgan fingerprint density at radius 1 is 0.822 bits per heavy atom. The molecule has 0 radical (unpaired) electrons. The normalized spacial score (nSPS) is 12.3. The molecule has 45 heavy (non-hydrogen) atoms. The van der Waals surface area contributed by atoms with E-state index in [0.29, 0.717) is 10.6 Å². The van der Waals surface area contributed by atoms with E-state index in [0.717, 1.165) is 9.87 Å². The average Bonchev–Trinajstić information content (AvgIpc) is 2.98. The highest BCUT2D eigenvalue weighted by atomic mass is 35.5. The number of carbonyl (C=O) groups is 2. The molecule has 0 spiro atoms. The summed E-state index contributed by atoms with van der Waals surface area (Å²) in [6, 6.07) is 25.5. The zero-order chi connectivity index (χ0) is 32.8. The number of amides is 2. The molecule has 0 aliphatic heterocycles. The van der Waals surface area contributed by atoms with Gasteiger partial charge in [0.2, 0.25) is 11.8 Å². The Hall–Kier alpha value is -3.92. The molecule has 0 saturated heterocycles. The van der Waals surface area contributed by atoms with Crippen molar-refractivity contribution in [2.24, 2.45) is 0 Å². The number of anilines is 1. The number of nitrogens with one attached hydrogen (secondary N) is 1. The molecule has 1 N–H and O–H groups in total. The molecule has 4 aromatic carbocycles. The van der Waals surface area contributed by atoms with Crippen LogP contribution in [0.25, 0.3) is 0 Å². The van der Waals surface area contributed by atoms with Gasteiger partial charge in [-0.05, 0) is 86.5 Å². The van der Waals surface area contributed by atoms with Crippen molar-refractivity contribution in [2.45, 2.75) is 50.2 Å². The van der Waals surface area contributed by atoms with Gasteiger partial charge in [-0.2, -0.15) is 0 Å². The first-order valence-corrected chi connectivity index (χ1v) is 16.4. The van der Waals surface area contributed by atoms with E-state index >= 15 is 0 Å². The quantitative estimate of drug-likeness (QED) is 0.189. The van der Waals surface area contributed by atoms with Crippen molar-refractivity contribution >= 4 is 50.7 Å². The van der Waals surface area contributed by atoms with Gasteiger partial charge in [-0.25, -0.2) is 12.8 Å². The predicted molar refractivity (Wildman–Crippen MR) is 176 cm³/mol. The highest BCUT2D eigenvalue weighted by Gasteiger charge is 2.35. The van der Waals surface area contributed by atoms with Gasteiger partial charge >= 0.3 is 0 Å². The Bertz CT molecular complexity index is 1730. The Kier molecular flexibility index (Phi) is 10.9. The van der Waals surface area contributed by atoms with Gasteiger partial charge in [0.25, 0.3) is 10.0 Å². The van der Waals surface area contributed by atoms with Gasteiger partial charge in [0.1, 0.15) is 18.4 Å². The lowest BCUT2D eigenvalue weighted by molar-refractivity contribution is -0.140. The van der Waals surface area contributed by atoms with E-state index in [1.54, 1.807) is 12.1 Å². The van der Waals surface area contributed by atoms with Crippen LogP contribution in [0.1, 0.15) is 31.9 Å². The first-order valence-electron chi connectivity index (χ1n) is 14.2. The Balaban J connectivity index is 1.81. The fraction of sp³-hybridized carbons (Fsp3) is 0.235. The topological polar surface area (TPSA) is 86.8 Å². The number of rotatable bonds is 11. The van der Waals surface area contributed by atoms with E-state index < -0.39 is 45.8 Å². The van der Waals surface area contributed by atoms with Crippen molar-refractivity contribution in [3.05, 3.63) is 130 Å². The predicted octanol–water partition coefficient (Wildman–Crippen LogP) is 6.88. The maximum atomic E-state index is 14.4. The second-order valence-electron chi connectivity index (χ2n) is 11.5. The summed E-state index contributed by atoms with van der Waals surface area (Å²) in [6.07, 6.45) is 0.150. The van der Waals surface area contributed by atoms with Crippen LogP contribution >= 0.6 is 23.2 Å². The van der Waals surface area contributed by atoms with Crippen LogP contribution in [0.15, 0.2) is 108 Å². The number of carbonyl (C=O) groups excluding carboxylic acids is 2. The summed E-state index contributed by atoms with van der Waals surface area (Å²) in [4.78, 5) is 29.6. The molecule has 0 aliphatic rings. The number of halogens is 3. The van der Waals surface area contributed by atoms with Crippen LogP contribution in [0.5, 0.6) is 0 Å².